The van der Waals surface area contributed by atoms with Crippen molar-refractivity contribution < 1.29 is 9.47 Å². The van der Waals surface area contributed by atoms with Crippen molar-refractivity contribution in [1.82, 2.24) is 9.97 Å². The molecular formula is C24H20ClN3O2S. The molecule has 0 aliphatic carbocycles. The van der Waals surface area contributed by atoms with Gasteiger partial charge in [0.05, 0.1) is 16.8 Å². The van der Waals surface area contributed by atoms with E-state index in [-0.39, 0.29) is 6.79 Å². The summed E-state index contributed by atoms with van der Waals surface area (Å²) in [6.07, 6.45) is 3.29. The lowest BCUT2D eigenvalue weighted by Gasteiger charge is -2.24. The fourth-order valence-corrected chi connectivity index (χ4v) is 4.81. The van der Waals surface area contributed by atoms with Crippen LogP contribution in [0.3, 0.4) is 0 Å². The van der Waals surface area contributed by atoms with Crippen molar-refractivity contribution >= 4 is 39.0 Å². The highest BCUT2D eigenvalue weighted by Gasteiger charge is 2.20. The molecule has 31 heavy (non-hydrogen) atoms. The van der Waals surface area contributed by atoms with E-state index in [0.717, 1.165) is 42.8 Å². The smallest absolute Gasteiger partial charge is 0.229 e. The highest BCUT2D eigenvalue weighted by Crippen LogP contribution is 2.38. The summed E-state index contributed by atoms with van der Waals surface area (Å²) in [6.45, 7) is 3.51. The Balaban J connectivity index is 1.56. The van der Waals surface area contributed by atoms with Gasteiger partial charge in [0, 0.05) is 16.4 Å². The van der Waals surface area contributed by atoms with Gasteiger partial charge in [-0.25, -0.2) is 9.97 Å². The minimum absolute atomic E-state index is 0.255. The molecule has 0 saturated heterocycles. The van der Waals surface area contributed by atoms with Crippen molar-refractivity contribution in [3.05, 3.63) is 89.1 Å². The first-order valence-electron chi connectivity index (χ1n) is 9.91. The number of aromatic nitrogens is 2. The normalized spacial score (nSPS) is 13.0. The fraction of sp³-hybridized carbons (Fsp3) is 0.167. The molecule has 156 valence electrons. The first-order chi connectivity index (χ1) is 15.2. The van der Waals surface area contributed by atoms with Crippen molar-refractivity contribution in [2.75, 3.05) is 18.2 Å². The Hall–Kier alpha value is -3.09. The van der Waals surface area contributed by atoms with E-state index in [1.54, 1.807) is 23.9 Å². The average molecular weight is 450 g/mol. The molecular weight excluding hydrogens is 430 g/mol. The Morgan fingerprint density at radius 2 is 1.94 bits per heavy atom. The highest BCUT2D eigenvalue weighted by atomic mass is 35.5. The third-order valence-corrected chi connectivity index (χ3v) is 6.71. The van der Waals surface area contributed by atoms with Gasteiger partial charge in [-0.15, -0.1) is 11.3 Å². The van der Waals surface area contributed by atoms with E-state index in [1.165, 1.54) is 5.56 Å². The van der Waals surface area contributed by atoms with E-state index >= 15 is 0 Å². The van der Waals surface area contributed by atoms with Crippen molar-refractivity contribution in [2.45, 2.75) is 13.5 Å². The summed E-state index contributed by atoms with van der Waals surface area (Å²) in [5, 5.41) is 0.761. The van der Waals surface area contributed by atoms with Crippen LogP contribution in [-0.4, -0.2) is 23.3 Å². The second-order valence-corrected chi connectivity index (χ2v) is 8.80. The predicted molar refractivity (Wildman–Crippen MR) is 125 cm³/mol. The molecule has 1 aliphatic rings. The van der Waals surface area contributed by atoms with Crippen LogP contribution in [0.4, 0.5) is 5.82 Å². The van der Waals surface area contributed by atoms with Crippen molar-refractivity contribution in [1.29, 1.82) is 0 Å². The van der Waals surface area contributed by atoms with Gasteiger partial charge in [-0.3, -0.25) is 0 Å². The monoisotopic (exact) mass is 449 g/mol. The Kier molecular flexibility index (Phi) is 5.49. The zero-order chi connectivity index (χ0) is 21.2. The molecule has 0 atom stereocenters. The van der Waals surface area contributed by atoms with Crippen molar-refractivity contribution in [3.63, 3.8) is 0 Å². The molecule has 7 heteroatoms. The summed E-state index contributed by atoms with van der Waals surface area (Å²) in [4.78, 5) is 12.5. The minimum atomic E-state index is 0.255. The third-order valence-electron chi connectivity index (χ3n) is 5.14. The molecule has 0 unspecified atom stereocenters. The number of hydrogen-bond acceptors (Lipinski definition) is 6. The van der Waals surface area contributed by atoms with Crippen molar-refractivity contribution in [2.24, 2.45) is 0 Å². The van der Waals surface area contributed by atoms with Gasteiger partial charge < -0.3 is 14.4 Å². The van der Waals surface area contributed by atoms with Crippen LogP contribution in [0.15, 0.2) is 72.9 Å². The zero-order valence-corrected chi connectivity index (χ0v) is 18.5. The van der Waals surface area contributed by atoms with Gasteiger partial charge in [0.1, 0.15) is 12.6 Å². The SMILES string of the molecule is Cc1ccc(-c2cc3ncnc(N(CC4=COCO4)Cc4ccccc4)c3s2)cc1Cl. The summed E-state index contributed by atoms with van der Waals surface area (Å²) >= 11 is 8.04. The molecule has 5 nitrogen and oxygen atoms in total. The third kappa shape index (κ3) is 4.22. The van der Waals surface area contributed by atoms with Crippen molar-refractivity contribution in [3.8, 4) is 10.4 Å². The van der Waals surface area contributed by atoms with E-state index < -0.39 is 0 Å². The van der Waals surface area contributed by atoms with Crippen LogP contribution in [0, 0.1) is 6.92 Å². The quantitative estimate of drug-likeness (QED) is 0.352. The summed E-state index contributed by atoms with van der Waals surface area (Å²) in [5.41, 5.74) is 4.25. The molecule has 2 aromatic heterocycles. The molecule has 0 fully saturated rings. The first kappa shape index (κ1) is 19.8. The Morgan fingerprint density at radius 3 is 2.71 bits per heavy atom. The number of aryl methyl sites for hydroxylation is 1. The number of ether oxygens (including phenoxy) is 2. The highest BCUT2D eigenvalue weighted by molar-refractivity contribution is 7.22. The summed E-state index contributed by atoms with van der Waals surface area (Å²) < 4.78 is 11.9. The second-order valence-electron chi connectivity index (χ2n) is 7.34. The number of hydrogen-bond donors (Lipinski definition) is 0. The molecule has 0 radical (unpaired) electrons. The van der Waals surface area contributed by atoms with E-state index in [1.807, 2.05) is 37.3 Å². The van der Waals surface area contributed by atoms with Gasteiger partial charge in [-0.2, -0.15) is 0 Å². The lowest BCUT2D eigenvalue weighted by atomic mass is 10.1. The van der Waals surface area contributed by atoms with Crippen LogP contribution in [0.25, 0.3) is 20.7 Å². The maximum atomic E-state index is 6.37. The number of thiophene rings is 1. The number of benzene rings is 2. The maximum absolute atomic E-state index is 6.37. The van der Waals surface area contributed by atoms with Crippen LogP contribution in [0.5, 0.6) is 0 Å². The van der Waals surface area contributed by atoms with Gasteiger partial charge in [0.25, 0.3) is 0 Å². The number of nitrogens with zero attached hydrogens (tertiary/aromatic N) is 3. The van der Waals surface area contributed by atoms with Crippen LogP contribution in [0.1, 0.15) is 11.1 Å². The van der Waals surface area contributed by atoms with Crippen LogP contribution >= 0.6 is 22.9 Å². The lowest BCUT2D eigenvalue weighted by molar-refractivity contribution is 0.0797. The number of halogens is 1. The van der Waals surface area contributed by atoms with Crippen LogP contribution in [-0.2, 0) is 16.0 Å². The van der Waals surface area contributed by atoms with Gasteiger partial charge in [0.2, 0.25) is 6.79 Å². The largest absolute Gasteiger partial charge is 0.462 e. The molecule has 0 N–H and O–H groups in total. The number of fused-ring (bicyclic) bond motifs is 1. The van der Waals surface area contributed by atoms with E-state index in [9.17, 15) is 0 Å². The van der Waals surface area contributed by atoms with Gasteiger partial charge in [-0.05, 0) is 35.7 Å². The van der Waals surface area contributed by atoms with E-state index in [0.29, 0.717) is 13.1 Å². The molecule has 4 aromatic rings. The Bertz CT molecular complexity index is 1260. The van der Waals surface area contributed by atoms with Crippen LogP contribution in [0.2, 0.25) is 5.02 Å². The number of rotatable bonds is 6. The maximum Gasteiger partial charge on any atom is 0.229 e. The van der Waals surface area contributed by atoms with E-state index in [2.05, 4.69) is 39.1 Å². The summed E-state index contributed by atoms with van der Waals surface area (Å²) in [6, 6.07) is 18.6. The summed E-state index contributed by atoms with van der Waals surface area (Å²) in [7, 11) is 0. The standard InChI is InChI=1S/C24H20ClN3O2S/c1-16-7-8-18(9-20(16)25)22-10-21-23(31-22)24(27-14-26-21)28(12-19-13-29-15-30-19)11-17-5-3-2-4-6-17/h2-10,13-14H,11-12,15H2,1H3. The van der Waals surface area contributed by atoms with Gasteiger partial charge in [-0.1, -0.05) is 54.1 Å². The first-order valence-corrected chi connectivity index (χ1v) is 11.1. The second kappa shape index (κ2) is 8.57. The van der Waals surface area contributed by atoms with Crippen LogP contribution < -0.4 is 4.90 Å². The van der Waals surface area contributed by atoms with Gasteiger partial charge >= 0.3 is 0 Å². The lowest BCUT2D eigenvalue weighted by Crippen LogP contribution is -2.26. The Labute approximate surface area is 189 Å². The molecule has 0 bridgehead atoms. The molecule has 2 aromatic carbocycles. The minimum Gasteiger partial charge on any atom is -0.462 e. The van der Waals surface area contributed by atoms with Gasteiger partial charge in [0.15, 0.2) is 11.6 Å². The summed E-state index contributed by atoms with van der Waals surface area (Å²) in [5.74, 6) is 1.66. The Morgan fingerprint density at radius 1 is 1.06 bits per heavy atom. The number of anilines is 1. The molecule has 0 amide bonds. The zero-order valence-electron chi connectivity index (χ0n) is 16.9. The molecule has 3 heterocycles. The topological polar surface area (TPSA) is 47.5 Å². The molecule has 0 saturated carbocycles. The molecule has 1 aliphatic heterocycles. The predicted octanol–water partition coefficient (Wildman–Crippen LogP) is 6.17. The average Bonchev–Trinajstić information content (AvgIpc) is 3.45. The molecule has 5 rings (SSSR count). The van der Waals surface area contributed by atoms with E-state index in [4.69, 9.17) is 21.1 Å². The molecule has 0 spiro atoms. The fourth-order valence-electron chi connectivity index (χ4n) is 3.51.